The first kappa shape index (κ1) is 12.3. The molecule has 3 nitrogen and oxygen atoms in total. The molecule has 1 heterocycles. The van der Waals surface area contributed by atoms with Crippen LogP contribution in [-0.2, 0) is 4.79 Å². The molecule has 0 saturated heterocycles. The van der Waals surface area contributed by atoms with E-state index in [1.807, 2.05) is 12.1 Å². The molecule has 0 bridgehead atoms. The van der Waals surface area contributed by atoms with Crippen LogP contribution in [0, 0.1) is 0 Å². The number of anilines is 1. The molecule has 0 aliphatic carbocycles. The summed E-state index contributed by atoms with van der Waals surface area (Å²) in [5.74, 6) is 0.415. The molecule has 1 atom stereocenters. The Bertz CT molecular complexity index is 470. The second-order valence-electron chi connectivity index (χ2n) is 4.35. The Hall–Kier alpha value is -1.16. The fourth-order valence-electron chi connectivity index (χ4n) is 2.05. The van der Waals surface area contributed by atoms with E-state index in [4.69, 9.17) is 0 Å². The number of benzene rings is 1. The number of alkyl halides is 1. The van der Waals surface area contributed by atoms with Crippen molar-refractivity contribution in [3.05, 3.63) is 29.3 Å². The summed E-state index contributed by atoms with van der Waals surface area (Å²) in [4.78, 5) is 23.1. The van der Waals surface area contributed by atoms with Crippen molar-refractivity contribution in [2.45, 2.75) is 25.7 Å². The molecule has 0 saturated carbocycles. The summed E-state index contributed by atoms with van der Waals surface area (Å²) in [5.41, 5.74) is 2.59. The zero-order valence-electron chi connectivity index (χ0n) is 9.63. The van der Waals surface area contributed by atoms with E-state index in [-0.39, 0.29) is 11.7 Å². The van der Waals surface area contributed by atoms with Gasteiger partial charge in [-0.25, -0.2) is 0 Å². The molecule has 1 aliphatic rings. The lowest BCUT2D eigenvalue weighted by molar-refractivity contribution is -0.116. The van der Waals surface area contributed by atoms with Gasteiger partial charge in [0, 0.05) is 17.7 Å². The number of Topliss-reactive ketones (excluding diaryl/α,β-unsaturated/α-hetero) is 1. The van der Waals surface area contributed by atoms with E-state index < -0.39 is 0 Å². The maximum Gasteiger partial charge on any atom is 0.224 e. The van der Waals surface area contributed by atoms with Crippen molar-refractivity contribution >= 4 is 33.3 Å². The van der Waals surface area contributed by atoms with Crippen LogP contribution in [-0.4, -0.2) is 17.0 Å². The third kappa shape index (κ3) is 2.57. The van der Waals surface area contributed by atoms with E-state index in [1.165, 1.54) is 0 Å². The fourth-order valence-corrected chi connectivity index (χ4v) is 2.37. The predicted molar refractivity (Wildman–Crippen MR) is 70.8 cm³/mol. The first-order valence-corrected chi connectivity index (χ1v) is 6.77. The smallest absolute Gasteiger partial charge is 0.224 e. The third-order valence-corrected chi connectivity index (χ3v) is 3.61. The van der Waals surface area contributed by atoms with Gasteiger partial charge in [-0.1, -0.05) is 22.9 Å². The predicted octanol–water partition coefficient (Wildman–Crippen LogP) is 3.10. The Labute approximate surface area is 109 Å². The highest BCUT2D eigenvalue weighted by Crippen LogP contribution is 2.32. The van der Waals surface area contributed by atoms with Gasteiger partial charge < -0.3 is 5.32 Å². The molecule has 1 amide bonds. The average molecular weight is 296 g/mol. The standard InChI is InChI=1S/C13H14BrNO2/c1-8-2-5-13(17)15-11-4-3-9(6-10(8)11)12(16)7-14/h3-4,6,8H,2,5,7H2,1H3,(H,15,17). The normalized spacial score (nSPS) is 19.2. The van der Waals surface area contributed by atoms with Crippen LogP contribution >= 0.6 is 15.9 Å². The van der Waals surface area contributed by atoms with Crippen molar-refractivity contribution in [2.24, 2.45) is 0 Å². The summed E-state index contributed by atoms with van der Waals surface area (Å²) in [6.45, 7) is 2.08. The van der Waals surface area contributed by atoms with Gasteiger partial charge in [0.05, 0.1) is 5.33 Å². The number of halogens is 1. The molecule has 1 aliphatic heterocycles. The van der Waals surface area contributed by atoms with Gasteiger partial charge in [0.15, 0.2) is 5.78 Å². The minimum absolute atomic E-state index is 0.0511. The molecule has 1 unspecified atom stereocenters. The molecular formula is C13H14BrNO2. The van der Waals surface area contributed by atoms with Crippen molar-refractivity contribution in [3.8, 4) is 0 Å². The average Bonchev–Trinajstić information content (AvgIpc) is 2.48. The Morgan fingerprint density at radius 3 is 3.00 bits per heavy atom. The largest absolute Gasteiger partial charge is 0.326 e. The molecule has 17 heavy (non-hydrogen) atoms. The van der Waals surface area contributed by atoms with Crippen LogP contribution < -0.4 is 5.32 Å². The Morgan fingerprint density at radius 2 is 2.29 bits per heavy atom. The molecule has 90 valence electrons. The van der Waals surface area contributed by atoms with Crippen molar-refractivity contribution in [3.63, 3.8) is 0 Å². The first-order valence-electron chi connectivity index (χ1n) is 5.64. The van der Waals surface area contributed by atoms with Crippen molar-refractivity contribution in [1.29, 1.82) is 0 Å². The van der Waals surface area contributed by atoms with Crippen molar-refractivity contribution < 1.29 is 9.59 Å². The molecule has 1 aromatic carbocycles. The van der Waals surface area contributed by atoms with Gasteiger partial charge >= 0.3 is 0 Å². The van der Waals surface area contributed by atoms with Gasteiger partial charge in [-0.15, -0.1) is 0 Å². The van der Waals surface area contributed by atoms with Crippen LogP contribution in [0.5, 0.6) is 0 Å². The minimum Gasteiger partial charge on any atom is -0.326 e. The first-order chi connectivity index (χ1) is 8.11. The topological polar surface area (TPSA) is 46.2 Å². The summed E-state index contributed by atoms with van der Waals surface area (Å²) in [7, 11) is 0. The number of nitrogens with one attached hydrogen (secondary N) is 1. The molecular weight excluding hydrogens is 282 g/mol. The van der Waals surface area contributed by atoms with E-state index in [1.54, 1.807) is 6.07 Å². The summed E-state index contributed by atoms with van der Waals surface area (Å²) < 4.78 is 0. The summed E-state index contributed by atoms with van der Waals surface area (Å²) in [6.07, 6.45) is 1.36. The molecule has 0 radical (unpaired) electrons. The highest BCUT2D eigenvalue weighted by molar-refractivity contribution is 9.09. The number of carbonyl (C=O) groups is 2. The molecule has 2 rings (SSSR count). The Morgan fingerprint density at radius 1 is 1.53 bits per heavy atom. The van der Waals surface area contributed by atoms with Crippen LogP contribution in [0.15, 0.2) is 18.2 Å². The minimum atomic E-state index is 0.0511. The number of fused-ring (bicyclic) bond motifs is 1. The summed E-state index contributed by atoms with van der Waals surface area (Å²) in [6, 6.07) is 5.49. The van der Waals surface area contributed by atoms with Gasteiger partial charge in [-0.05, 0) is 36.1 Å². The highest BCUT2D eigenvalue weighted by atomic mass is 79.9. The zero-order chi connectivity index (χ0) is 12.4. The van der Waals surface area contributed by atoms with Gasteiger partial charge in [-0.2, -0.15) is 0 Å². The maximum atomic E-state index is 11.6. The lowest BCUT2D eigenvalue weighted by atomic mass is 9.94. The monoisotopic (exact) mass is 295 g/mol. The van der Waals surface area contributed by atoms with E-state index in [2.05, 4.69) is 28.2 Å². The number of carbonyl (C=O) groups excluding carboxylic acids is 2. The quantitative estimate of drug-likeness (QED) is 0.673. The van der Waals surface area contributed by atoms with Crippen LogP contribution in [0.25, 0.3) is 0 Å². The van der Waals surface area contributed by atoms with Gasteiger partial charge in [-0.3, -0.25) is 9.59 Å². The lowest BCUT2D eigenvalue weighted by Gasteiger charge is -2.13. The van der Waals surface area contributed by atoms with E-state index in [0.717, 1.165) is 17.7 Å². The molecule has 4 heteroatoms. The second kappa shape index (κ2) is 5.00. The zero-order valence-corrected chi connectivity index (χ0v) is 11.2. The number of hydrogen-bond acceptors (Lipinski definition) is 2. The molecule has 1 aromatic rings. The number of hydrogen-bond donors (Lipinski definition) is 1. The van der Waals surface area contributed by atoms with E-state index in [0.29, 0.717) is 23.2 Å². The number of amides is 1. The highest BCUT2D eigenvalue weighted by Gasteiger charge is 2.19. The van der Waals surface area contributed by atoms with E-state index in [9.17, 15) is 9.59 Å². The van der Waals surface area contributed by atoms with Crippen LogP contribution in [0.4, 0.5) is 5.69 Å². The number of rotatable bonds is 2. The molecule has 0 spiro atoms. The fraction of sp³-hybridized carbons (Fsp3) is 0.385. The van der Waals surface area contributed by atoms with Gasteiger partial charge in [0.25, 0.3) is 0 Å². The molecule has 0 aromatic heterocycles. The third-order valence-electron chi connectivity index (χ3n) is 3.10. The number of ketones is 1. The van der Waals surface area contributed by atoms with Crippen molar-refractivity contribution in [2.75, 3.05) is 10.6 Å². The van der Waals surface area contributed by atoms with Gasteiger partial charge in [0.1, 0.15) is 0 Å². The lowest BCUT2D eigenvalue weighted by Crippen LogP contribution is -2.09. The second-order valence-corrected chi connectivity index (χ2v) is 4.91. The van der Waals surface area contributed by atoms with Gasteiger partial charge in [0.2, 0.25) is 5.91 Å². The van der Waals surface area contributed by atoms with Crippen molar-refractivity contribution in [1.82, 2.24) is 0 Å². The SMILES string of the molecule is CC1CCC(=O)Nc2ccc(C(=O)CBr)cc21. The van der Waals surface area contributed by atoms with Crippen LogP contribution in [0.2, 0.25) is 0 Å². The Kier molecular flexibility index (Phi) is 3.62. The molecule has 0 fully saturated rings. The molecule has 1 N–H and O–H groups in total. The Balaban J connectivity index is 2.42. The van der Waals surface area contributed by atoms with E-state index >= 15 is 0 Å². The summed E-state index contributed by atoms with van der Waals surface area (Å²) >= 11 is 3.17. The van der Waals surface area contributed by atoms with Crippen LogP contribution in [0.1, 0.15) is 41.6 Å². The maximum absolute atomic E-state index is 11.6. The summed E-state index contributed by atoms with van der Waals surface area (Å²) in [5, 5.41) is 3.20. The van der Waals surface area contributed by atoms with Crippen LogP contribution in [0.3, 0.4) is 0 Å².